The van der Waals surface area contributed by atoms with E-state index >= 15 is 0 Å². The first-order valence-corrected chi connectivity index (χ1v) is 7.72. The third-order valence-electron chi connectivity index (χ3n) is 4.74. The molecule has 4 nitrogen and oxygen atoms in total. The van der Waals surface area contributed by atoms with E-state index in [-0.39, 0.29) is 23.2 Å². The van der Waals surface area contributed by atoms with E-state index in [1.165, 1.54) is 12.5 Å². The maximum Gasteiger partial charge on any atom is 0.302 e. The highest BCUT2D eigenvalue weighted by Crippen LogP contribution is 2.43. The van der Waals surface area contributed by atoms with Crippen LogP contribution in [0.15, 0.2) is 42.5 Å². The smallest absolute Gasteiger partial charge is 0.302 e. The van der Waals surface area contributed by atoms with Gasteiger partial charge in [0.2, 0.25) is 0 Å². The average Bonchev–Trinajstić information content (AvgIpc) is 2.85. The molecule has 0 unspecified atom stereocenters. The Bertz CT molecular complexity index is 596. The summed E-state index contributed by atoms with van der Waals surface area (Å²) in [5.74, 6) is -0.108. The molecule has 4 heteroatoms. The van der Waals surface area contributed by atoms with Gasteiger partial charge in [-0.3, -0.25) is 14.5 Å². The zero-order chi connectivity index (χ0) is 15.6. The molecule has 3 rings (SSSR count). The van der Waals surface area contributed by atoms with Crippen molar-refractivity contribution in [3.05, 3.63) is 48.0 Å². The molecular formula is C18H21NO3. The van der Waals surface area contributed by atoms with E-state index in [2.05, 4.69) is 17.0 Å². The Kier molecular flexibility index (Phi) is 4.12. The van der Waals surface area contributed by atoms with Crippen LogP contribution < -0.4 is 0 Å². The molecule has 1 aromatic rings. The zero-order valence-electron chi connectivity index (χ0n) is 12.8. The summed E-state index contributed by atoms with van der Waals surface area (Å²) < 4.78 is 5.29. The molecule has 1 heterocycles. The number of allylic oxidation sites excluding steroid dienone is 1. The molecule has 0 spiro atoms. The van der Waals surface area contributed by atoms with Crippen molar-refractivity contribution in [1.82, 2.24) is 4.90 Å². The minimum atomic E-state index is -0.264. The predicted octanol–water partition coefficient (Wildman–Crippen LogP) is 2.34. The Morgan fingerprint density at radius 2 is 2.14 bits per heavy atom. The van der Waals surface area contributed by atoms with E-state index in [0.29, 0.717) is 13.0 Å². The van der Waals surface area contributed by atoms with Gasteiger partial charge in [-0.05, 0) is 24.6 Å². The number of ketones is 1. The van der Waals surface area contributed by atoms with E-state index in [1.54, 1.807) is 6.08 Å². The summed E-state index contributed by atoms with van der Waals surface area (Å²) in [5.41, 5.74) is 1.03. The van der Waals surface area contributed by atoms with Gasteiger partial charge in [0.15, 0.2) is 5.78 Å². The minimum Gasteiger partial charge on any atom is -0.465 e. The lowest BCUT2D eigenvalue weighted by molar-refractivity contribution is -0.144. The van der Waals surface area contributed by atoms with Crippen LogP contribution in [0, 0.1) is 5.41 Å². The van der Waals surface area contributed by atoms with Gasteiger partial charge in [0.25, 0.3) is 0 Å². The van der Waals surface area contributed by atoms with Crippen LogP contribution in [0.5, 0.6) is 0 Å². The highest BCUT2D eigenvalue weighted by Gasteiger charge is 2.48. The van der Waals surface area contributed by atoms with Crippen LogP contribution in [-0.2, 0) is 20.9 Å². The highest BCUT2D eigenvalue weighted by molar-refractivity contribution is 5.91. The maximum atomic E-state index is 11.9. The Labute approximate surface area is 130 Å². The molecule has 2 atom stereocenters. The van der Waals surface area contributed by atoms with Crippen LogP contribution in [0.3, 0.4) is 0 Å². The van der Waals surface area contributed by atoms with Crippen LogP contribution in [-0.4, -0.2) is 35.8 Å². The molecule has 116 valence electrons. The molecule has 2 aliphatic rings. The Morgan fingerprint density at radius 3 is 2.86 bits per heavy atom. The normalized spacial score (nSPS) is 27.7. The summed E-state index contributed by atoms with van der Waals surface area (Å²) in [6, 6.07) is 10.4. The Balaban J connectivity index is 1.79. The van der Waals surface area contributed by atoms with E-state index < -0.39 is 0 Å². The fourth-order valence-electron chi connectivity index (χ4n) is 3.54. The number of esters is 1. The molecule has 0 radical (unpaired) electrons. The second kappa shape index (κ2) is 6.05. The number of hydrogen-bond donors (Lipinski definition) is 0. The summed E-state index contributed by atoms with van der Waals surface area (Å²) >= 11 is 0. The first kappa shape index (κ1) is 15.0. The summed E-state index contributed by atoms with van der Waals surface area (Å²) in [6.07, 6.45) is 5.05. The van der Waals surface area contributed by atoms with Crippen LogP contribution >= 0.6 is 0 Å². The molecule has 0 saturated carbocycles. The summed E-state index contributed by atoms with van der Waals surface area (Å²) in [6.45, 7) is 3.54. The van der Waals surface area contributed by atoms with Crippen LogP contribution in [0.1, 0.15) is 25.3 Å². The number of benzene rings is 1. The number of rotatable bonds is 4. The highest BCUT2D eigenvalue weighted by atomic mass is 16.5. The number of nitrogens with zero attached hydrogens (tertiary/aromatic N) is 1. The molecule has 0 amide bonds. The molecule has 1 aliphatic heterocycles. The first-order chi connectivity index (χ1) is 10.6. The molecule has 0 aromatic heterocycles. The number of carbonyl (C=O) groups excluding carboxylic acids is 2. The van der Waals surface area contributed by atoms with Crippen LogP contribution in [0.4, 0.5) is 0 Å². The number of fused-ring (bicyclic) bond motifs is 1. The van der Waals surface area contributed by atoms with Crippen molar-refractivity contribution < 1.29 is 14.3 Å². The molecule has 1 fully saturated rings. The molecule has 1 aromatic carbocycles. The molecule has 1 saturated heterocycles. The monoisotopic (exact) mass is 299 g/mol. The third-order valence-corrected chi connectivity index (χ3v) is 4.74. The minimum absolute atomic E-state index is 0.115. The van der Waals surface area contributed by atoms with Gasteiger partial charge in [0.05, 0.1) is 0 Å². The largest absolute Gasteiger partial charge is 0.465 e. The quantitative estimate of drug-likeness (QED) is 0.801. The van der Waals surface area contributed by atoms with Crippen molar-refractivity contribution in [3.8, 4) is 0 Å². The fourth-order valence-corrected chi connectivity index (χ4v) is 3.54. The molecule has 22 heavy (non-hydrogen) atoms. The van der Waals surface area contributed by atoms with E-state index in [9.17, 15) is 9.59 Å². The third kappa shape index (κ3) is 2.97. The lowest BCUT2D eigenvalue weighted by Crippen LogP contribution is -2.44. The SMILES string of the molecule is CC(=O)OC[C@]12C=CC(=O)C[C@H]1N(Cc1ccccc1)CC2. The lowest BCUT2D eigenvalue weighted by atomic mass is 9.75. The maximum absolute atomic E-state index is 11.9. The van der Waals surface area contributed by atoms with Gasteiger partial charge in [0.1, 0.15) is 6.61 Å². The van der Waals surface area contributed by atoms with Crippen molar-refractivity contribution in [2.24, 2.45) is 5.41 Å². The predicted molar refractivity (Wildman–Crippen MR) is 83.1 cm³/mol. The second-order valence-corrected chi connectivity index (χ2v) is 6.24. The van der Waals surface area contributed by atoms with E-state index in [4.69, 9.17) is 4.74 Å². The molecule has 0 bridgehead atoms. The number of ether oxygens (including phenoxy) is 1. The zero-order valence-corrected chi connectivity index (χ0v) is 12.8. The van der Waals surface area contributed by atoms with Crippen molar-refractivity contribution in [2.45, 2.75) is 32.4 Å². The van der Waals surface area contributed by atoms with Gasteiger partial charge in [-0.2, -0.15) is 0 Å². The standard InChI is InChI=1S/C18H21NO3/c1-14(20)22-13-18-8-7-16(21)11-17(18)19(10-9-18)12-15-5-3-2-4-6-15/h2-8,17H,9-13H2,1H3/t17-,18-/m1/s1. The van der Waals surface area contributed by atoms with E-state index in [1.807, 2.05) is 24.3 Å². The Morgan fingerprint density at radius 1 is 1.36 bits per heavy atom. The number of likely N-dealkylation sites (tertiary alicyclic amines) is 1. The van der Waals surface area contributed by atoms with Gasteiger partial charge in [0, 0.05) is 31.3 Å². The lowest BCUT2D eigenvalue weighted by Gasteiger charge is -2.37. The summed E-state index contributed by atoms with van der Waals surface area (Å²) in [5, 5.41) is 0. The van der Waals surface area contributed by atoms with Gasteiger partial charge >= 0.3 is 5.97 Å². The fraction of sp³-hybridized carbons (Fsp3) is 0.444. The van der Waals surface area contributed by atoms with Crippen molar-refractivity contribution in [1.29, 1.82) is 0 Å². The van der Waals surface area contributed by atoms with Crippen molar-refractivity contribution in [2.75, 3.05) is 13.2 Å². The second-order valence-electron chi connectivity index (χ2n) is 6.24. The van der Waals surface area contributed by atoms with Gasteiger partial charge in [-0.1, -0.05) is 36.4 Å². The number of carbonyl (C=O) groups is 2. The molecular weight excluding hydrogens is 278 g/mol. The average molecular weight is 299 g/mol. The molecule has 1 aliphatic carbocycles. The van der Waals surface area contributed by atoms with Gasteiger partial charge in [-0.25, -0.2) is 0 Å². The molecule has 0 N–H and O–H groups in total. The van der Waals surface area contributed by atoms with Gasteiger partial charge in [-0.15, -0.1) is 0 Å². The Hall–Kier alpha value is -1.94. The van der Waals surface area contributed by atoms with Crippen LogP contribution in [0.2, 0.25) is 0 Å². The van der Waals surface area contributed by atoms with Crippen LogP contribution in [0.25, 0.3) is 0 Å². The summed E-state index contributed by atoms with van der Waals surface area (Å²) in [7, 11) is 0. The van der Waals surface area contributed by atoms with Crippen molar-refractivity contribution in [3.63, 3.8) is 0 Å². The first-order valence-electron chi connectivity index (χ1n) is 7.72. The van der Waals surface area contributed by atoms with E-state index in [0.717, 1.165) is 19.5 Å². The van der Waals surface area contributed by atoms with Crippen molar-refractivity contribution >= 4 is 11.8 Å². The topological polar surface area (TPSA) is 46.6 Å². The van der Waals surface area contributed by atoms with Gasteiger partial charge < -0.3 is 4.74 Å². The summed E-state index contributed by atoms with van der Waals surface area (Å²) in [4.78, 5) is 25.4. The number of hydrogen-bond acceptors (Lipinski definition) is 4.